The first kappa shape index (κ1) is 21.1. The number of hydrogen-bond acceptors (Lipinski definition) is 6. The number of nitrogens with one attached hydrogen (secondary N) is 1. The highest BCUT2D eigenvalue weighted by atomic mass is 35.5. The molecule has 0 saturated carbocycles. The van der Waals surface area contributed by atoms with E-state index in [0.717, 1.165) is 16.8 Å². The maximum Gasteiger partial charge on any atom is 0.315 e. The van der Waals surface area contributed by atoms with E-state index in [0.29, 0.717) is 10.6 Å². The van der Waals surface area contributed by atoms with Crippen molar-refractivity contribution in [1.29, 1.82) is 0 Å². The van der Waals surface area contributed by atoms with Crippen molar-refractivity contribution >= 4 is 29.2 Å². The summed E-state index contributed by atoms with van der Waals surface area (Å²) in [7, 11) is 1.44. The summed E-state index contributed by atoms with van der Waals surface area (Å²) in [4.78, 5) is 11.1. The number of anilines is 1. The third kappa shape index (κ3) is 5.48. The number of benzene rings is 3. The molecule has 154 valence electrons. The largest absolute Gasteiger partial charge is 0.493 e. The minimum atomic E-state index is -0.503. The molecule has 0 spiro atoms. The first-order valence-corrected chi connectivity index (χ1v) is 9.43. The second kappa shape index (κ2) is 9.76. The number of halogens is 1. The Labute approximate surface area is 179 Å². The lowest BCUT2D eigenvalue weighted by Gasteiger charge is -2.12. The number of rotatable bonds is 8. The van der Waals surface area contributed by atoms with Gasteiger partial charge >= 0.3 is 5.69 Å². The summed E-state index contributed by atoms with van der Waals surface area (Å²) in [6.45, 7) is 2.17. The molecular weight excluding hydrogens is 406 g/mol. The van der Waals surface area contributed by atoms with Crippen molar-refractivity contribution in [2.24, 2.45) is 5.10 Å². The van der Waals surface area contributed by atoms with Crippen LogP contribution in [0.3, 0.4) is 0 Å². The fourth-order valence-electron chi connectivity index (χ4n) is 2.66. The van der Waals surface area contributed by atoms with Gasteiger partial charge in [-0.15, -0.1) is 0 Å². The van der Waals surface area contributed by atoms with Gasteiger partial charge < -0.3 is 9.47 Å². The van der Waals surface area contributed by atoms with E-state index in [2.05, 4.69) is 10.5 Å². The van der Waals surface area contributed by atoms with Crippen LogP contribution < -0.4 is 14.9 Å². The zero-order valence-electron chi connectivity index (χ0n) is 16.5. The number of methoxy groups -OCH3 is 1. The van der Waals surface area contributed by atoms with Crippen LogP contribution in [-0.2, 0) is 6.61 Å². The Hall–Kier alpha value is -3.58. The maximum atomic E-state index is 11.6. The first-order valence-electron chi connectivity index (χ1n) is 9.05. The summed E-state index contributed by atoms with van der Waals surface area (Å²) >= 11 is 5.85. The fraction of sp³-hybridized carbons (Fsp3) is 0.136. The molecule has 0 atom stereocenters. The first-order chi connectivity index (χ1) is 14.5. The maximum absolute atomic E-state index is 11.6. The van der Waals surface area contributed by atoms with E-state index in [-0.39, 0.29) is 23.8 Å². The van der Waals surface area contributed by atoms with Gasteiger partial charge in [-0.25, -0.2) is 0 Å². The van der Waals surface area contributed by atoms with Crippen molar-refractivity contribution in [3.63, 3.8) is 0 Å². The number of aryl methyl sites for hydroxylation is 1. The van der Waals surface area contributed by atoms with Gasteiger partial charge in [-0.2, -0.15) is 5.10 Å². The zero-order chi connectivity index (χ0) is 21.5. The Morgan fingerprint density at radius 2 is 1.83 bits per heavy atom. The molecule has 30 heavy (non-hydrogen) atoms. The Morgan fingerprint density at radius 3 is 2.47 bits per heavy atom. The highest BCUT2D eigenvalue weighted by Gasteiger charge is 2.22. The van der Waals surface area contributed by atoms with Crippen LogP contribution in [0.4, 0.5) is 11.4 Å². The highest BCUT2D eigenvalue weighted by Crippen LogP contribution is 2.38. The van der Waals surface area contributed by atoms with Gasteiger partial charge in [0.1, 0.15) is 6.61 Å². The number of nitrogens with zero attached hydrogens (tertiary/aromatic N) is 2. The Balaban J connectivity index is 1.81. The summed E-state index contributed by atoms with van der Waals surface area (Å²) in [6.07, 6.45) is 1.47. The summed E-state index contributed by atoms with van der Waals surface area (Å²) in [5.74, 6) is 0.329. The van der Waals surface area contributed by atoms with Crippen molar-refractivity contribution in [2.75, 3.05) is 12.5 Å². The molecule has 7 nitrogen and oxygen atoms in total. The van der Waals surface area contributed by atoms with Crippen LogP contribution in [0.25, 0.3) is 0 Å². The molecule has 0 bridgehead atoms. The predicted molar refractivity (Wildman–Crippen MR) is 118 cm³/mol. The summed E-state index contributed by atoms with van der Waals surface area (Å²) in [5, 5.41) is 16.4. The van der Waals surface area contributed by atoms with E-state index in [9.17, 15) is 10.1 Å². The Kier molecular flexibility index (Phi) is 6.87. The Bertz CT molecular complexity index is 1050. The van der Waals surface area contributed by atoms with Gasteiger partial charge in [-0.3, -0.25) is 15.5 Å². The van der Waals surface area contributed by atoms with Crippen molar-refractivity contribution < 1.29 is 14.4 Å². The number of hydrazone groups is 1. The topological polar surface area (TPSA) is 86.0 Å². The van der Waals surface area contributed by atoms with Gasteiger partial charge in [-0.1, -0.05) is 41.4 Å². The van der Waals surface area contributed by atoms with Crippen molar-refractivity contribution in [3.8, 4) is 11.5 Å². The van der Waals surface area contributed by atoms with E-state index < -0.39 is 4.92 Å². The predicted octanol–water partition coefficient (Wildman–Crippen LogP) is 5.59. The number of ether oxygens (including phenoxy) is 2. The van der Waals surface area contributed by atoms with Crippen molar-refractivity contribution in [1.82, 2.24) is 0 Å². The van der Waals surface area contributed by atoms with Crippen LogP contribution >= 0.6 is 11.6 Å². The van der Waals surface area contributed by atoms with E-state index in [1.807, 2.05) is 31.2 Å². The second-order valence-corrected chi connectivity index (χ2v) is 6.92. The van der Waals surface area contributed by atoms with Gasteiger partial charge in [0, 0.05) is 16.7 Å². The molecule has 3 rings (SSSR count). The van der Waals surface area contributed by atoms with Crippen LogP contribution in [0.2, 0.25) is 5.02 Å². The molecule has 0 fully saturated rings. The lowest BCUT2D eigenvalue weighted by Crippen LogP contribution is -2.03. The average Bonchev–Trinajstić information content (AvgIpc) is 2.74. The molecule has 1 N–H and O–H groups in total. The molecule has 0 saturated heterocycles. The molecule has 0 aliphatic rings. The molecule has 8 heteroatoms. The van der Waals surface area contributed by atoms with Crippen LogP contribution in [0.5, 0.6) is 11.5 Å². The standard InChI is InChI=1S/C22H20ClN3O4/c1-15-3-5-16(6-4-15)14-30-22-20(26(27)28)11-17(12-21(22)29-2)13-24-25-19-9-7-18(23)8-10-19/h3-13,25H,14H2,1-2H3/b24-13+. The number of hydrogen-bond donors (Lipinski definition) is 1. The quantitative estimate of drug-likeness (QED) is 0.289. The van der Waals surface area contributed by atoms with E-state index in [4.69, 9.17) is 21.1 Å². The monoisotopic (exact) mass is 425 g/mol. The molecule has 0 unspecified atom stereocenters. The molecule has 0 amide bonds. The molecule has 0 aromatic heterocycles. The van der Waals surface area contributed by atoms with Crippen LogP contribution in [-0.4, -0.2) is 18.2 Å². The van der Waals surface area contributed by atoms with Crippen molar-refractivity contribution in [3.05, 3.63) is 92.5 Å². The van der Waals surface area contributed by atoms with E-state index in [1.165, 1.54) is 19.4 Å². The minimum absolute atomic E-state index is 0.0749. The van der Waals surface area contributed by atoms with Crippen LogP contribution in [0.15, 0.2) is 65.8 Å². The van der Waals surface area contributed by atoms with Gasteiger partial charge in [0.15, 0.2) is 5.75 Å². The molecule has 3 aromatic carbocycles. The molecule has 3 aromatic rings. The smallest absolute Gasteiger partial charge is 0.315 e. The molecule has 0 heterocycles. The van der Waals surface area contributed by atoms with Crippen molar-refractivity contribution in [2.45, 2.75) is 13.5 Å². The lowest BCUT2D eigenvalue weighted by atomic mass is 10.1. The van der Waals surface area contributed by atoms with E-state index in [1.54, 1.807) is 30.3 Å². The number of nitro groups is 1. The normalized spacial score (nSPS) is 10.8. The highest BCUT2D eigenvalue weighted by molar-refractivity contribution is 6.30. The van der Waals surface area contributed by atoms with E-state index >= 15 is 0 Å². The fourth-order valence-corrected chi connectivity index (χ4v) is 2.79. The summed E-state index contributed by atoms with van der Waals surface area (Å²) in [5.41, 5.74) is 5.88. The summed E-state index contributed by atoms with van der Waals surface area (Å²) in [6, 6.07) is 17.8. The third-order valence-corrected chi connectivity index (χ3v) is 4.48. The minimum Gasteiger partial charge on any atom is -0.493 e. The molecule has 0 aliphatic heterocycles. The van der Waals surface area contributed by atoms with Crippen LogP contribution in [0, 0.1) is 17.0 Å². The SMILES string of the molecule is COc1cc(/C=N/Nc2ccc(Cl)cc2)cc([N+](=O)[O-])c1OCc1ccc(C)cc1. The average molecular weight is 426 g/mol. The molecular formula is C22H20ClN3O4. The van der Waals surface area contributed by atoms with Gasteiger partial charge in [0.05, 0.1) is 23.9 Å². The Morgan fingerprint density at radius 1 is 1.13 bits per heavy atom. The zero-order valence-corrected chi connectivity index (χ0v) is 17.2. The lowest BCUT2D eigenvalue weighted by molar-refractivity contribution is -0.386. The van der Waals surface area contributed by atoms with Crippen LogP contribution in [0.1, 0.15) is 16.7 Å². The molecule has 0 aliphatic carbocycles. The number of nitro benzene ring substituents is 1. The molecule has 0 radical (unpaired) electrons. The third-order valence-electron chi connectivity index (χ3n) is 4.23. The van der Waals surface area contributed by atoms with Gasteiger partial charge in [0.25, 0.3) is 0 Å². The van der Waals surface area contributed by atoms with Gasteiger partial charge in [0.2, 0.25) is 5.75 Å². The second-order valence-electron chi connectivity index (χ2n) is 6.48. The summed E-state index contributed by atoms with van der Waals surface area (Å²) < 4.78 is 11.1. The van der Waals surface area contributed by atoms with Gasteiger partial charge in [-0.05, 0) is 42.8 Å².